The highest BCUT2D eigenvalue weighted by molar-refractivity contribution is 5.29. The second-order valence-corrected chi connectivity index (χ2v) is 4.80. The third-order valence-corrected chi connectivity index (χ3v) is 1.91. The molecule has 1 aromatic carbocycles. The molecule has 0 aromatic heterocycles. The average Bonchev–Trinajstić information content (AvgIpc) is 1.99. The first kappa shape index (κ1) is 12.1. The Morgan fingerprint density at radius 2 is 2.00 bits per heavy atom. The molecule has 0 heterocycles. The lowest BCUT2D eigenvalue weighted by molar-refractivity contribution is 0.0809. The van der Waals surface area contributed by atoms with Gasteiger partial charge in [-0.05, 0) is 45.4 Å². The van der Waals surface area contributed by atoms with Crippen LogP contribution in [0.3, 0.4) is 0 Å². The molecule has 0 aliphatic heterocycles. The van der Waals surface area contributed by atoms with Crippen LogP contribution in [-0.4, -0.2) is 16.8 Å². The first-order valence-corrected chi connectivity index (χ1v) is 5.35. The maximum atomic E-state index is 9.70. The van der Waals surface area contributed by atoms with Gasteiger partial charge in [-0.2, -0.15) is 0 Å². The average molecular weight is 208 g/mol. The third-order valence-electron chi connectivity index (χ3n) is 1.91. The fourth-order valence-electron chi connectivity index (χ4n) is 1.50. The van der Waals surface area contributed by atoms with Crippen LogP contribution in [0.5, 0.6) is 5.75 Å². The summed E-state index contributed by atoms with van der Waals surface area (Å²) in [5.41, 5.74) is 0.428. The zero-order valence-corrected chi connectivity index (χ0v) is 9.95. The van der Waals surface area contributed by atoms with E-state index in [2.05, 4.69) is 0 Å². The lowest BCUT2D eigenvalue weighted by Crippen LogP contribution is -2.21. The van der Waals surface area contributed by atoms with Crippen LogP contribution in [0, 0.1) is 0 Å². The van der Waals surface area contributed by atoms with Gasteiger partial charge in [0.05, 0.1) is 11.7 Å². The smallest absolute Gasteiger partial charge is 0.119 e. The zero-order chi connectivity index (χ0) is 11.5. The van der Waals surface area contributed by atoms with Gasteiger partial charge in [0.2, 0.25) is 0 Å². The van der Waals surface area contributed by atoms with Crippen molar-refractivity contribution in [3.05, 3.63) is 29.8 Å². The Hall–Kier alpha value is -1.02. The van der Waals surface area contributed by atoms with Crippen LogP contribution in [-0.2, 0) is 6.42 Å². The molecule has 0 spiro atoms. The summed E-state index contributed by atoms with van der Waals surface area (Å²) in [6.45, 7) is 7.62. The van der Waals surface area contributed by atoms with Gasteiger partial charge in [0, 0.05) is 6.42 Å². The SMILES string of the molecule is CC(C)Oc1cccc(CC(C)(C)O)c1. The molecule has 0 bridgehead atoms. The molecule has 1 N–H and O–H groups in total. The number of benzene rings is 1. The number of rotatable bonds is 4. The highest BCUT2D eigenvalue weighted by atomic mass is 16.5. The normalized spacial score (nSPS) is 11.9. The minimum Gasteiger partial charge on any atom is -0.491 e. The van der Waals surface area contributed by atoms with Gasteiger partial charge in [0.25, 0.3) is 0 Å². The predicted octanol–water partition coefficient (Wildman–Crippen LogP) is 2.79. The van der Waals surface area contributed by atoms with Crippen LogP contribution in [0.15, 0.2) is 24.3 Å². The first-order chi connectivity index (χ1) is 6.87. The van der Waals surface area contributed by atoms with Crippen molar-refractivity contribution in [3.63, 3.8) is 0 Å². The molecule has 0 saturated carbocycles. The van der Waals surface area contributed by atoms with Crippen LogP contribution in [0.2, 0.25) is 0 Å². The summed E-state index contributed by atoms with van der Waals surface area (Å²) in [6, 6.07) is 7.88. The first-order valence-electron chi connectivity index (χ1n) is 5.35. The topological polar surface area (TPSA) is 29.5 Å². The minimum absolute atomic E-state index is 0.183. The molecule has 84 valence electrons. The largest absolute Gasteiger partial charge is 0.491 e. The van der Waals surface area contributed by atoms with Crippen LogP contribution in [0.25, 0.3) is 0 Å². The summed E-state index contributed by atoms with van der Waals surface area (Å²) in [4.78, 5) is 0. The Morgan fingerprint density at radius 1 is 1.33 bits per heavy atom. The van der Waals surface area contributed by atoms with Crippen LogP contribution in [0.1, 0.15) is 33.3 Å². The summed E-state index contributed by atoms with van der Waals surface area (Å²) < 4.78 is 5.59. The molecule has 0 unspecified atom stereocenters. The molecule has 0 radical (unpaired) electrons. The van der Waals surface area contributed by atoms with Crippen molar-refractivity contribution in [2.45, 2.75) is 45.8 Å². The van der Waals surface area contributed by atoms with Crippen molar-refractivity contribution in [2.24, 2.45) is 0 Å². The Morgan fingerprint density at radius 3 is 2.53 bits per heavy atom. The second kappa shape index (κ2) is 4.67. The van der Waals surface area contributed by atoms with Crippen molar-refractivity contribution in [3.8, 4) is 5.75 Å². The molecular weight excluding hydrogens is 188 g/mol. The van der Waals surface area contributed by atoms with Gasteiger partial charge in [0.15, 0.2) is 0 Å². The molecular formula is C13H20O2. The van der Waals surface area contributed by atoms with Gasteiger partial charge >= 0.3 is 0 Å². The molecule has 0 saturated heterocycles. The molecule has 1 aromatic rings. The Bertz CT molecular complexity index is 311. The number of hydrogen-bond acceptors (Lipinski definition) is 2. The van der Waals surface area contributed by atoms with Gasteiger partial charge in [-0.15, -0.1) is 0 Å². The van der Waals surface area contributed by atoms with E-state index in [0.29, 0.717) is 6.42 Å². The van der Waals surface area contributed by atoms with E-state index in [1.54, 1.807) is 0 Å². The van der Waals surface area contributed by atoms with Crippen molar-refractivity contribution < 1.29 is 9.84 Å². The number of ether oxygens (including phenoxy) is 1. The monoisotopic (exact) mass is 208 g/mol. The molecule has 15 heavy (non-hydrogen) atoms. The highest BCUT2D eigenvalue weighted by Crippen LogP contribution is 2.18. The maximum Gasteiger partial charge on any atom is 0.119 e. The maximum absolute atomic E-state index is 9.70. The second-order valence-electron chi connectivity index (χ2n) is 4.80. The Kier molecular flexibility index (Phi) is 3.75. The van der Waals surface area contributed by atoms with Crippen LogP contribution < -0.4 is 4.74 Å². The van der Waals surface area contributed by atoms with E-state index in [4.69, 9.17) is 4.74 Å². The van der Waals surface area contributed by atoms with E-state index in [0.717, 1.165) is 11.3 Å². The summed E-state index contributed by atoms with van der Waals surface area (Å²) in [5, 5.41) is 9.70. The molecule has 1 rings (SSSR count). The van der Waals surface area contributed by atoms with E-state index in [1.807, 2.05) is 52.0 Å². The van der Waals surface area contributed by atoms with Gasteiger partial charge in [-0.1, -0.05) is 12.1 Å². The standard InChI is InChI=1S/C13H20O2/c1-10(2)15-12-7-5-6-11(8-12)9-13(3,4)14/h5-8,10,14H,9H2,1-4H3. The molecule has 0 aliphatic carbocycles. The van der Waals surface area contributed by atoms with Crippen molar-refractivity contribution in [2.75, 3.05) is 0 Å². The molecule has 2 nitrogen and oxygen atoms in total. The predicted molar refractivity (Wildman–Crippen MR) is 62.2 cm³/mol. The summed E-state index contributed by atoms with van der Waals surface area (Å²) in [6.07, 6.45) is 0.824. The summed E-state index contributed by atoms with van der Waals surface area (Å²) in [7, 11) is 0. The zero-order valence-electron chi connectivity index (χ0n) is 9.95. The quantitative estimate of drug-likeness (QED) is 0.824. The fraction of sp³-hybridized carbons (Fsp3) is 0.538. The van der Waals surface area contributed by atoms with Crippen molar-refractivity contribution in [1.29, 1.82) is 0 Å². The molecule has 2 heteroatoms. The molecule has 0 fully saturated rings. The van der Waals surface area contributed by atoms with Crippen molar-refractivity contribution in [1.82, 2.24) is 0 Å². The molecule has 0 aliphatic rings. The van der Waals surface area contributed by atoms with Gasteiger partial charge in [-0.3, -0.25) is 0 Å². The lowest BCUT2D eigenvalue weighted by Gasteiger charge is -2.18. The molecule has 0 amide bonds. The summed E-state index contributed by atoms with van der Waals surface area (Å²) >= 11 is 0. The number of aliphatic hydroxyl groups is 1. The van der Waals surface area contributed by atoms with E-state index in [-0.39, 0.29) is 6.10 Å². The van der Waals surface area contributed by atoms with Crippen LogP contribution >= 0.6 is 0 Å². The lowest BCUT2D eigenvalue weighted by atomic mass is 9.99. The van der Waals surface area contributed by atoms with Crippen LogP contribution in [0.4, 0.5) is 0 Å². The summed E-state index contributed by atoms with van der Waals surface area (Å²) in [5.74, 6) is 0.867. The van der Waals surface area contributed by atoms with Gasteiger partial charge < -0.3 is 9.84 Å². The van der Waals surface area contributed by atoms with E-state index in [9.17, 15) is 5.11 Å². The number of hydrogen-bond donors (Lipinski definition) is 1. The molecule has 0 atom stereocenters. The van der Waals surface area contributed by atoms with E-state index >= 15 is 0 Å². The highest BCUT2D eigenvalue weighted by Gasteiger charge is 2.13. The Labute approximate surface area is 91.9 Å². The fourth-order valence-corrected chi connectivity index (χ4v) is 1.50. The van der Waals surface area contributed by atoms with Crippen molar-refractivity contribution >= 4 is 0 Å². The minimum atomic E-state index is -0.670. The van der Waals surface area contributed by atoms with Gasteiger partial charge in [0.1, 0.15) is 5.75 Å². The van der Waals surface area contributed by atoms with E-state index < -0.39 is 5.60 Å². The van der Waals surface area contributed by atoms with Gasteiger partial charge in [-0.25, -0.2) is 0 Å². The van der Waals surface area contributed by atoms with E-state index in [1.165, 1.54) is 0 Å². The Balaban J connectivity index is 2.74. The third kappa shape index (κ3) is 4.84.